The van der Waals surface area contributed by atoms with Crippen molar-refractivity contribution in [3.63, 3.8) is 0 Å². The molecule has 3 aliphatic carbocycles. The van der Waals surface area contributed by atoms with Crippen LogP contribution in [0.5, 0.6) is 5.75 Å². The number of nitrogens with zero attached hydrogens (tertiary/aromatic N) is 1. The van der Waals surface area contributed by atoms with Crippen LogP contribution < -0.4 is 10.1 Å². The first kappa shape index (κ1) is 19.0. The van der Waals surface area contributed by atoms with E-state index in [4.69, 9.17) is 16.3 Å². The second kappa shape index (κ2) is 6.92. The van der Waals surface area contributed by atoms with Gasteiger partial charge < -0.3 is 14.6 Å². The predicted molar refractivity (Wildman–Crippen MR) is 103 cm³/mol. The van der Waals surface area contributed by atoms with Gasteiger partial charge in [-0.15, -0.1) is 0 Å². The normalized spacial score (nSPS) is 24.8. The lowest BCUT2D eigenvalue weighted by atomic mass is 9.38. The lowest BCUT2D eigenvalue weighted by Crippen LogP contribution is -2.75. The molecule has 28 heavy (non-hydrogen) atoms. The largest absolute Gasteiger partial charge is 0.484 e. The molecule has 3 saturated carbocycles. The Morgan fingerprint density at radius 2 is 2.04 bits per heavy atom. The monoisotopic (exact) mass is 404 g/mol. The summed E-state index contributed by atoms with van der Waals surface area (Å²) in [6.45, 7) is 2.61. The standard InChI is InChI=1S/C21H22ClFN2O3/c1-2-25-7-3-4-17(25)18(26)9-20-11-21(12-20,13-20)24-19(27)10-28-14-5-6-15(22)16(23)8-14/h3-8H,2,9-13H2,1H3,(H,24,27). The van der Waals surface area contributed by atoms with Crippen molar-refractivity contribution in [2.24, 2.45) is 5.41 Å². The summed E-state index contributed by atoms with van der Waals surface area (Å²) in [5.41, 5.74) is 0.570. The van der Waals surface area contributed by atoms with Gasteiger partial charge in [-0.3, -0.25) is 9.59 Å². The number of Topliss-reactive ketones (excluding diaryl/α,β-unsaturated/α-hetero) is 1. The summed E-state index contributed by atoms with van der Waals surface area (Å²) in [5, 5.41) is 3.02. The number of amides is 1. The van der Waals surface area contributed by atoms with Crippen molar-refractivity contribution >= 4 is 23.3 Å². The number of nitrogens with one attached hydrogen (secondary N) is 1. The summed E-state index contributed by atoms with van der Waals surface area (Å²) in [7, 11) is 0. The number of ether oxygens (including phenoxy) is 1. The fourth-order valence-corrected chi connectivity index (χ4v) is 4.86. The van der Waals surface area contributed by atoms with Gasteiger partial charge in [0.05, 0.1) is 10.7 Å². The summed E-state index contributed by atoms with van der Waals surface area (Å²) < 4.78 is 20.7. The first-order valence-electron chi connectivity index (χ1n) is 9.41. The third-order valence-electron chi connectivity index (χ3n) is 5.80. The van der Waals surface area contributed by atoms with Crippen LogP contribution in [0.3, 0.4) is 0 Å². The fraction of sp³-hybridized carbons (Fsp3) is 0.429. The molecule has 2 aromatic rings. The molecule has 1 heterocycles. The number of ketones is 1. The van der Waals surface area contributed by atoms with Crippen LogP contribution in [0.25, 0.3) is 0 Å². The zero-order chi connectivity index (χ0) is 19.9. The van der Waals surface area contributed by atoms with Crippen LogP contribution >= 0.6 is 11.6 Å². The number of hydrogen-bond acceptors (Lipinski definition) is 3. The lowest BCUT2D eigenvalue weighted by Gasteiger charge is -2.70. The van der Waals surface area contributed by atoms with Crippen LogP contribution in [0.4, 0.5) is 4.39 Å². The Balaban J connectivity index is 1.24. The number of carbonyl (C=O) groups is 2. The maximum Gasteiger partial charge on any atom is 0.258 e. The van der Waals surface area contributed by atoms with Gasteiger partial charge in [0.2, 0.25) is 0 Å². The van der Waals surface area contributed by atoms with E-state index >= 15 is 0 Å². The number of rotatable bonds is 8. The molecule has 7 heteroatoms. The van der Waals surface area contributed by atoms with Crippen LogP contribution in [0, 0.1) is 11.2 Å². The first-order chi connectivity index (χ1) is 13.3. The molecule has 1 aromatic carbocycles. The van der Waals surface area contributed by atoms with Gasteiger partial charge in [-0.25, -0.2) is 4.39 Å². The predicted octanol–water partition coefficient (Wildman–Crippen LogP) is 3.99. The van der Waals surface area contributed by atoms with Crippen molar-refractivity contribution in [2.75, 3.05) is 6.61 Å². The average Bonchev–Trinajstić information content (AvgIpc) is 3.08. The van der Waals surface area contributed by atoms with E-state index in [0.717, 1.165) is 37.6 Å². The van der Waals surface area contributed by atoms with Crippen molar-refractivity contribution in [3.8, 4) is 5.75 Å². The Morgan fingerprint density at radius 3 is 2.71 bits per heavy atom. The van der Waals surface area contributed by atoms with E-state index < -0.39 is 5.82 Å². The molecular weight excluding hydrogens is 383 g/mol. The van der Waals surface area contributed by atoms with E-state index in [1.54, 1.807) is 0 Å². The molecule has 0 atom stereocenters. The number of carbonyl (C=O) groups excluding carboxylic acids is 2. The zero-order valence-corrected chi connectivity index (χ0v) is 16.4. The van der Waals surface area contributed by atoms with Crippen LogP contribution in [-0.2, 0) is 11.3 Å². The highest BCUT2D eigenvalue weighted by Gasteiger charge is 2.68. The summed E-state index contributed by atoms with van der Waals surface area (Å²) in [6.07, 6.45) is 4.90. The van der Waals surface area contributed by atoms with Gasteiger partial charge in [0, 0.05) is 30.8 Å². The molecule has 0 radical (unpaired) electrons. The molecule has 3 fully saturated rings. The van der Waals surface area contributed by atoms with Gasteiger partial charge in [0.25, 0.3) is 5.91 Å². The lowest BCUT2D eigenvalue weighted by molar-refractivity contribution is -0.164. The van der Waals surface area contributed by atoms with E-state index in [0.29, 0.717) is 6.42 Å². The highest BCUT2D eigenvalue weighted by molar-refractivity contribution is 6.30. The SMILES string of the molecule is CCn1cccc1C(=O)CC12CC(NC(=O)COc3ccc(Cl)c(F)c3)(C1)C2. The molecule has 0 saturated heterocycles. The molecule has 1 N–H and O–H groups in total. The Labute approximate surface area is 167 Å². The minimum atomic E-state index is -0.583. The van der Waals surface area contributed by atoms with Gasteiger partial charge in [0.1, 0.15) is 11.6 Å². The number of hydrogen-bond donors (Lipinski definition) is 1. The molecule has 0 aliphatic heterocycles. The van der Waals surface area contributed by atoms with Crippen molar-refractivity contribution < 1.29 is 18.7 Å². The molecule has 148 valence electrons. The maximum atomic E-state index is 13.4. The number of aromatic nitrogens is 1. The average molecular weight is 405 g/mol. The molecule has 0 unspecified atom stereocenters. The smallest absolute Gasteiger partial charge is 0.258 e. The van der Waals surface area contributed by atoms with Gasteiger partial charge in [-0.1, -0.05) is 11.6 Å². The van der Waals surface area contributed by atoms with E-state index in [1.807, 2.05) is 29.8 Å². The second-order valence-electron chi connectivity index (χ2n) is 8.00. The van der Waals surface area contributed by atoms with Crippen molar-refractivity contribution in [1.82, 2.24) is 9.88 Å². The number of halogens is 2. The van der Waals surface area contributed by atoms with Crippen molar-refractivity contribution in [2.45, 2.75) is 44.7 Å². The van der Waals surface area contributed by atoms with Gasteiger partial charge in [-0.05, 0) is 55.9 Å². The van der Waals surface area contributed by atoms with Crippen LogP contribution in [-0.4, -0.2) is 28.4 Å². The van der Waals surface area contributed by atoms with E-state index in [-0.39, 0.29) is 40.0 Å². The maximum absolute atomic E-state index is 13.4. The third kappa shape index (κ3) is 3.41. The zero-order valence-electron chi connectivity index (χ0n) is 15.6. The molecule has 1 aromatic heterocycles. The molecule has 3 aliphatic rings. The van der Waals surface area contributed by atoms with Crippen LogP contribution in [0.1, 0.15) is 43.1 Å². The van der Waals surface area contributed by atoms with Gasteiger partial charge >= 0.3 is 0 Å². The highest BCUT2D eigenvalue weighted by Crippen LogP contribution is 2.69. The first-order valence-corrected chi connectivity index (χ1v) is 9.79. The van der Waals surface area contributed by atoms with Crippen LogP contribution in [0.15, 0.2) is 36.5 Å². The van der Waals surface area contributed by atoms with Crippen LogP contribution in [0.2, 0.25) is 5.02 Å². The minimum absolute atomic E-state index is 0.0109. The van der Waals surface area contributed by atoms with Gasteiger partial charge in [-0.2, -0.15) is 0 Å². The van der Waals surface area contributed by atoms with E-state index in [9.17, 15) is 14.0 Å². The molecule has 5 rings (SSSR count). The third-order valence-corrected chi connectivity index (χ3v) is 6.10. The summed E-state index contributed by atoms with van der Waals surface area (Å²) in [4.78, 5) is 24.8. The summed E-state index contributed by atoms with van der Waals surface area (Å²) in [6, 6.07) is 7.83. The van der Waals surface area contributed by atoms with Crippen molar-refractivity contribution in [3.05, 3.63) is 53.1 Å². The van der Waals surface area contributed by atoms with Gasteiger partial charge in [0.15, 0.2) is 12.4 Å². The minimum Gasteiger partial charge on any atom is -0.484 e. The Kier molecular flexibility index (Phi) is 4.70. The quantitative estimate of drug-likeness (QED) is 0.677. The number of aryl methyl sites for hydroxylation is 1. The highest BCUT2D eigenvalue weighted by atomic mass is 35.5. The molecule has 5 nitrogen and oxygen atoms in total. The Bertz CT molecular complexity index is 920. The summed E-state index contributed by atoms with van der Waals surface area (Å²) >= 11 is 5.63. The van der Waals surface area contributed by atoms with E-state index in [2.05, 4.69) is 5.32 Å². The molecule has 2 bridgehead atoms. The Hall–Kier alpha value is -2.34. The molecule has 0 spiro atoms. The topological polar surface area (TPSA) is 60.3 Å². The molecular formula is C21H22ClFN2O3. The number of benzene rings is 1. The summed E-state index contributed by atoms with van der Waals surface area (Å²) in [5.74, 6) is -0.398. The second-order valence-corrected chi connectivity index (χ2v) is 8.41. The fourth-order valence-electron chi connectivity index (χ4n) is 4.74. The Morgan fingerprint density at radius 1 is 1.29 bits per heavy atom. The van der Waals surface area contributed by atoms with Crippen molar-refractivity contribution in [1.29, 1.82) is 0 Å². The molecule has 1 amide bonds. The van der Waals surface area contributed by atoms with E-state index in [1.165, 1.54) is 12.1 Å².